The quantitative estimate of drug-likeness (QED) is 0.670. The van der Waals surface area contributed by atoms with Crippen LogP contribution in [0.3, 0.4) is 0 Å². The summed E-state index contributed by atoms with van der Waals surface area (Å²) in [4.78, 5) is 4.92. The monoisotopic (exact) mass is 313 g/mol. The number of aromatic nitrogens is 1. The van der Waals surface area contributed by atoms with E-state index < -0.39 is 0 Å². The number of hydrogen-bond donors (Lipinski definition) is 0. The highest BCUT2D eigenvalue weighted by atomic mass is 16.5. The lowest BCUT2D eigenvalue weighted by atomic mass is 9.85. The van der Waals surface area contributed by atoms with Crippen LogP contribution in [0.25, 0.3) is 5.57 Å². The molecule has 0 aliphatic carbocycles. The van der Waals surface area contributed by atoms with Gasteiger partial charge in [0.15, 0.2) is 0 Å². The molecular weight excluding hydrogens is 282 g/mol. The Balaban J connectivity index is 2.91. The van der Waals surface area contributed by atoms with Crippen molar-refractivity contribution in [2.24, 2.45) is 5.92 Å². The molecule has 0 spiro atoms. The van der Waals surface area contributed by atoms with Gasteiger partial charge in [-0.25, -0.2) is 0 Å². The van der Waals surface area contributed by atoms with E-state index in [1.54, 1.807) is 0 Å². The summed E-state index contributed by atoms with van der Waals surface area (Å²) in [7, 11) is 0. The van der Waals surface area contributed by atoms with Gasteiger partial charge in [0, 0.05) is 16.8 Å². The summed E-state index contributed by atoms with van der Waals surface area (Å²) in [6.07, 6.45) is 2.43. The van der Waals surface area contributed by atoms with Crippen LogP contribution >= 0.6 is 0 Å². The molecule has 2 heterocycles. The van der Waals surface area contributed by atoms with Crippen LogP contribution in [0.4, 0.5) is 0 Å². The predicted molar refractivity (Wildman–Crippen MR) is 99.1 cm³/mol. The second-order valence-electron chi connectivity index (χ2n) is 7.45. The second-order valence-corrected chi connectivity index (χ2v) is 7.45. The number of rotatable bonds is 2. The molecule has 0 amide bonds. The van der Waals surface area contributed by atoms with Crippen LogP contribution in [0.15, 0.2) is 17.2 Å². The summed E-state index contributed by atoms with van der Waals surface area (Å²) in [6, 6.07) is 0. The van der Waals surface area contributed by atoms with Crippen LogP contribution < -0.4 is 4.74 Å². The van der Waals surface area contributed by atoms with Crippen LogP contribution in [0.5, 0.6) is 5.75 Å². The van der Waals surface area contributed by atoms with Crippen molar-refractivity contribution < 1.29 is 4.74 Å². The van der Waals surface area contributed by atoms with Crippen LogP contribution in [-0.4, -0.2) is 11.1 Å². The maximum atomic E-state index is 6.46. The Labute approximate surface area is 141 Å². The second kappa shape index (κ2) is 6.51. The zero-order valence-corrected chi connectivity index (χ0v) is 16.2. The molecule has 0 saturated carbocycles. The molecule has 0 aromatic carbocycles. The van der Waals surface area contributed by atoms with Gasteiger partial charge in [-0.15, -0.1) is 0 Å². The van der Waals surface area contributed by atoms with E-state index in [-0.39, 0.29) is 6.10 Å². The first-order chi connectivity index (χ1) is 10.6. The summed E-state index contributed by atoms with van der Waals surface area (Å²) in [5.41, 5.74) is 8.55. The largest absolute Gasteiger partial charge is 0.485 e. The molecule has 0 fully saturated rings. The molecule has 1 aromatic heterocycles. The van der Waals surface area contributed by atoms with Crippen LogP contribution in [0.1, 0.15) is 76.9 Å². The molecule has 23 heavy (non-hydrogen) atoms. The van der Waals surface area contributed by atoms with Gasteiger partial charge in [-0.05, 0) is 63.2 Å². The molecule has 2 rings (SSSR count). The molecule has 0 bridgehead atoms. The lowest BCUT2D eigenvalue weighted by molar-refractivity contribution is 0.252. The van der Waals surface area contributed by atoms with Gasteiger partial charge in [0.25, 0.3) is 0 Å². The van der Waals surface area contributed by atoms with E-state index in [0.717, 1.165) is 22.7 Å². The fourth-order valence-corrected chi connectivity index (χ4v) is 3.09. The number of nitrogens with zero attached hydrogens (tertiary/aromatic N) is 1. The molecule has 2 heteroatoms. The molecule has 126 valence electrons. The average Bonchev–Trinajstić information content (AvgIpc) is 2.47. The van der Waals surface area contributed by atoms with Crippen molar-refractivity contribution in [2.45, 2.75) is 74.3 Å². The topological polar surface area (TPSA) is 22.1 Å². The average molecular weight is 313 g/mol. The van der Waals surface area contributed by atoms with Gasteiger partial charge in [0.05, 0.1) is 5.69 Å². The highest BCUT2D eigenvalue weighted by Gasteiger charge is 2.26. The van der Waals surface area contributed by atoms with E-state index in [2.05, 4.69) is 68.4 Å². The maximum Gasteiger partial charge on any atom is 0.134 e. The zero-order chi connectivity index (χ0) is 17.5. The Kier molecular flexibility index (Phi) is 5.03. The minimum Gasteiger partial charge on any atom is -0.485 e. The molecule has 1 aliphatic rings. The number of aryl methyl sites for hydroxylation is 1. The minimum absolute atomic E-state index is 0.0826. The number of pyridine rings is 1. The lowest BCUT2D eigenvalue weighted by Crippen LogP contribution is -2.20. The summed E-state index contributed by atoms with van der Waals surface area (Å²) in [5.74, 6) is 1.82. The molecule has 1 aliphatic heterocycles. The highest BCUT2D eigenvalue weighted by Crippen LogP contribution is 2.42. The summed E-state index contributed by atoms with van der Waals surface area (Å²) >= 11 is 0. The Hall–Kier alpha value is -1.57. The van der Waals surface area contributed by atoms with Gasteiger partial charge in [0.1, 0.15) is 11.9 Å². The first-order valence-electron chi connectivity index (χ1n) is 8.72. The smallest absolute Gasteiger partial charge is 0.134 e. The van der Waals surface area contributed by atoms with Crippen molar-refractivity contribution in [1.82, 2.24) is 4.98 Å². The number of ether oxygens (including phenoxy) is 1. The van der Waals surface area contributed by atoms with Crippen molar-refractivity contribution in [3.05, 3.63) is 39.7 Å². The van der Waals surface area contributed by atoms with Crippen molar-refractivity contribution >= 4 is 5.57 Å². The van der Waals surface area contributed by atoms with Gasteiger partial charge in [0.2, 0.25) is 0 Å². The fraction of sp³-hybridized carbons (Fsp3) is 0.571. The SMILES string of the molecule is CC1=C(\C)[C@@H](C)Oc2c(C)c(C)nc(C(C)C)c2/C(C(C)C)=C\1. The van der Waals surface area contributed by atoms with Crippen LogP contribution in [0, 0.1) is 19.8 Å². The van der Waals surface area contributed by atoms with Crippen LogP contribution in [-0.2, 0) is 0 Å². The first kappa shape index (κ1) is 17.8. The van der Waals surface area contributed by atoms with Crippen LogP contribution in [0.2, 0.25) is 0 Å². The third-order valence-electron chi connectivity index (χ3n) is 5.01. The minimum atomic E-state index is 0.0826. The van der Waals surface area contributed by atoms with Crippen molar-refractivity contribution in [1.29, 1.82) is 0 Å². The Bertz CT molecular complexity index is 678. The van der Waals surface area contributed by atoms with E-state index in [4.69, 9.17) is 9.72 Å². The Morgan fingerprint density at radius 3 is 2.13 bits per heavy atom. The number of hydrogen-bond acceptors (Lipinski definition) is 2. The molecule has 2 nitrogen and oxygen atoms in total. The van der Waals surface area contributed by atoms with E-state index >= 15 is 0 Å². The molecule has 0 saturated heterocycles. The number of fused-ring (bicyclic) bond motifs is 1. The summed E-state index contributed by atoms with van der Waals surface area (Å²) in [5, 5.41) is 0. The van der Waals surface area contributed by atoms with Gasteiger partial charge < -0.3 is 4.74 Å². The highest BCUT2D eigenvalue weighted by molar-refractivity contribution is 5.77. The van der Waals surface area contributed by atoms with E-state index in [1.807, 2.05) is 0 Å². The van der Waals surface area contributed by atoms with Crippen molar-refractivity contribution in [3.63, 3.8) is 0 Å². The first-order valence-corrected chi connectivity index (χ1v) is 8.72. The van der Waals surface area contributed by atoms with Gasteiger partial charge in [-0.1, -0.05) is 33.8 Å². The molecule has 1 aromatic rings. The predicted octanol–water partition coefficient (Wildman–Crippen LogP) is 5.98. The van der Waals surface area contributed by atoms with E-state index in [0.29, 0.717) is 11.8 Å². The molecule has 0 radical (unpaired) electrons. The summed E-state index contributed by atoms with van der Waals surface area (Å²) in [6.45, 7) is 19.6. The van der Waals surface area contributed by atoms with Gasteiger partial charge in [-0.2, -0.15) is 0 Å². The Morgan fingerprint density at radius 2 is 1.61 bits per heavy atom. The molecule has 0 N–H and O–H groups in total. The van der Waals surface area contributed by atoms with Crippen molar-refractivity contribution in [2.75, 3.05) is 0 Å². The molecule has 0 unspecified atom stereocenters. The maximum absolute atomic E-state index is 6.46. The normalized spacial score (nSPS) is 24.0. The molecule has 1 atom stereocenters. The van der Waals surface area contributed by atoms with Crippen molar-refractivity contribution in [3.8, 4) is 5.75 Å². The fourth-order valence-electron chi connectivity index (χ4n) is 3.09. The summed E-state index contributed by atoms with van der Waals surface area (Å²) < 4.78 is 6.46. The standard InChI is InChI=1S/C21H31NO/c1-11(2)18-10-13(5)14(6)17(9)23-21-15(7)16(8)22-20(12(3)4)19(18)21/h10-12,17H,1-9H3/b14-13-,18-10-/t17-/m1/s1. The van der Waals surface area contributed by atoms with E-state index in [1.165, 1.54) is 22.3 Å². The third kappa shape index (κ3) is 3.22. The van der Waals surface area contributed by atoms with Gasteiger partial charge >= 0.3 is 0 Å². The third-order valence-corrected chi connectivity index (χ3v) is 5.01. The van der Waals surface area contributed by atoms with E-state index in [9.17, 15) is 0 Å². The zero-order valence-electron chi connectivity index (χ0n) is 16.2. The molecular formula is C21H31NO. The lowest BCUT2D eigenvalue weighted by Gasteiger charge is -2.29. The number of allylic oxidation sites excluding steroid dienone is 3. The Morgan fingerprint density at radius 1 is 1.00 bits per heavy atom. The van der Waals surface area contributed by atoms with Gasteiger partial charge in [-0.3, -0.25) is 4.98 Å².